The Morgan fingerprint density at radius 3 is 2.52 bits per heavy atom. The highest BCUT2D eigenvalue weighted by Crippen LogP contribution is 2.19. The Bertz CT molecular complexity index is 643. The van der Waals surface area contributed by atoms with Gasteiger partial charge in [-0.2, -0.15) is 0 Å². The zero-order chi connectivity index (χ0) is 16.7. The monoisotopic (exact) mass is 333 g/mol. The zero-order valence-electron chi connectivity index (χ0n) is 13.2. The standard InChI is InChI=1S/C18H20ClNO3/c1-3-17(23-16-6-4-5-14(19)11-16)18(21)20-12-13-7-9-15(22-2)10-8-13/h4-11,17H,3,12H2,1-2H3,(H,20,21)/t17-/m1/s1. The highest BCUT2D eigenvalue weighted by molar-refractivity contribution is 6.30. The number of rotatable bonds is 7. The molecule has 2 aromatic rings. The van der Waals surface area contributed by atoms with Gasteiger partial charge in [-0.15, -0.1) is 0 Å². The van der Waals surface area contributed by atoms with Gasteiger partial charge in [0, 0.05) is 11.6 Å². The van der Waals surface area contributed by atoms with Crippen LogP contribution in [0.5, 0.6) is 11.5 Å². The van der Waals surface area contributed by atoms with Crippen LogP contribution in [0, 0.1) is 0 Å². The Hall–Kier alpha value is -2.20. The predicted molar refractivity (Wildman–Crippen MR) is 91.0 cm³/mol. The van der Waals surface area contributed by atoms with Gasteiger partial charge in [-0.05, 0) is 42.3 Å². The molecule has 4 nitrogen and oxygen atoms in total. The molecule has 0 bridgehead atoms. The van der Waals surface area contributed by atoms with Crippen molar-refractivity contribution in [3.05, 3.63) is 59.1 Å². The molecule has 0 saturated heterocycles. The van der Waals surface area contributed by atoms with E-state index in [1.807, 2.05) is 31.2 Å². The normalized spacial score (nSPS) is 11.6. The Kier molecular flexibility index (Phi) is 6.29. The van der Waals surface area contributed by atoms with Gasteiger partial charge in [0.1, 0.15) is 11.5 Å². The molecule has 0 aliphatic rings. The van der Waals surface area contributed by atoms with Crippen molar-refractivity contribution in [3.8, 4) is 11.5 Å². The summed E-state index contributed by atoms with van der Waals surface area (Å²) in [6, 6.07) is 14.6. The third kappa shape index (κ3) is 5.18. The van der Waals surface area contributed by atoms with Gasteiger partial charge >= 0.3 is 0 Å². The van der Waals surface area contributed by atoms with Crippen molar-refractivity contribution < 1.29 is 14.3 Å². The maximum Gasteiger partial charge on any atom is 0.261 e. The third-order valence-corrected chi connectivity index (χ3v) is 3.60. The predicted octanol–water partition coefficient (Wildman–Crippen LogP) is 3.82. The summed E-state index contributed by atoms with van der Waals surface area (Å²) in [4.78, 5) is 12.3. The number of nitrogens with one attached hydrogen (secondary N) is 1. The van der Waals surface area contributed by atoms with E-state index in [4.69, 9.17) is 21.1 Å². The van der Waals surface area contributed by atoms with Gasteiger partial charge in [-0.3, -0.25) is 4.79 Å². The smallest absolute Gasteiger partial charge is 0.261 e. The van der Waals surface area contributed by atoms with Crippen molar-refractivity contribution in [1.82, 2.24) is 5.32 Å². The van der Waals surface area contributed by atoms with Gasteiger partial charge in [0.15, 0.2) is 6.10 Å². The first kappa shape index (κ1) is 17.2. The average molecular weight is 334 g/mol. The van der Waals surface area contributed by atoms with Crippen LogP contribution >= 0.6 is 11.6 Å². The van der Waals surface area contributed by atoms with E-state index in [9.17, 15) is 4.79 Å². The Balaban J connectivity index is 1.91. The third-order valence-electron chi connectivity index (χ3n) is 3.36. The van der Waals surface area contributed by atoms with E-state index < -0.39 is 6.10 Å². The minimum absolute atomic E-state index is 0.150. The summed E-state index contributed by atoms with van der Waals surface area (Å²) in [5.74, 6) is 1.23. The molecule has 0 aliphatic heterocycles. The van der Waals surface area contributed by atoms with E-state index >= 15 is 0 Å². The van der Waals surface area contributed by atoms with Crippen molar-refractivity contribution in [2.75, 3.05) is 7.11 Å². The fraction of sp³-hybridized carbons (Fsp3) is 0.278. The summed E-state index contributed by atoms with van der Waals surface area (Å²) in [6.45, 7) is 2.35. The highest BCUT2D eigenvalue weighted by Gasteiger charge is 2.18. The van der Waals surface area contributed by atoms with Crippen LogP contribution < -0.4 is 14.8 Å². The molecular formula is C18H20ClNO3. The van der Waals surface area contributed by atoms with Crippen LogP contribution in [0.3, 0.4) is 0 Å². The van der Waals surface area contributed by atoms with E-state index in [2.05, 4.69) is 5.32 Å². The summed E-state index contributed by atoms with van der Waals surface area (Å²) in [6.07, 6.45) is 0.0211. The van der Waals surface area contributed by atoms with Crippen LogP contribution in [0.25, 0.3) is 0 Å². The SMILES string of the molecule is CC[C@@H](Oc1cccc(Cl)c1)C(=O)NCc1ccc(OC)cc1. The van der Waals surface area contributed by atoms with Crippen LogP contribution in [0.4, 0.5) is 0 Å². The lowest BCUT2D eigenvalue weighted by Gasteiger charge is -2.17. The molecule has 2 rings (SSSR count). The Morgan fingerprint density at radius 2 is 1.91 bits per heavy atom. The van der Waals surface area contributed by atoms with E-state index in [1.54, 1.807) is 31.4 Å². The van der Waals surface area contributed by atoms with Crippen LogP contribution in [0.1, 0.15) is 18.9 Å². The van der Waals surface area contributed by atoms with Gasteiger partial charge < -0.3 is 14.8 Å². The second-order valence-corrected chi connectivity index (χ2v) is 5.47. The Morgan fingerprint density at radius 1 is 1.17 bits per heavy atom. The molecule has 2 aromatic carbocycles. The van der Waals surface area contributed by atoms with Gasteiger partial charge in [0.05, 0.1) is 7.11 Å². The first-order valence-corrected chi connectivity index (χ1v) is 7.83. The molecule has 0 aliphatic carbocycles. The first-order chi connectivity index (χ1) is 11.1. The van der Waals surface area contributed by atoms with Crippen molar-refractivity contribution in [2.24, 2.45) is 0 Å². The molecule has 122 valence electrons. The molecule has 23 heavy (non-hydrogen) atoms. The highest BCUT2D eigenvalue weighted by atomic mass is 35.5. The number of carbonyl (C=O) groups excluding carboxylic acids is 1. The molecular weight excluding hydrogens is 314 g/mol. The van der Waals surface area contributed by atoms with E-state index in [-0.39, 0.29) is 5.91 Å². The van der Waals surface area contributed by atoms with Crippen LogP contribution in [-0.4, -0.2) is 19.1 Å². The number of benzene rings is 2. The first-order valence-electron chi connectivity index (χ1n) is 7.45. The maximum absolute atomic E-state index is 12.3. The molecule has 0 radical (unpaired) electrons. The van der Waals surface area contributed by atoms with E-state index in [1.165, 1.54) is 0 Å². The number of ether oxygens (including phenoxy) is 2. The molecule has 1 amide bonds. The van der Waals surface area contributed by atoms with Gasteiger partial charge in [-0.25, -0.2) is 0 Å². The molecule has 1 N–H and O–H groups in total. The molecule has 1 atom stereocenters. The van der Waals surface area contributed by atoms with Gasteiger partial charge in [-0.1, -0.05) is 36.7 Å². The lowest BCUT2D eigenvalue weighted by Crippen LogP contribution is -2.37. The molecule has 0 spiro atoms. The zero-order valence-corrected chi connectivity index (χ0v) is 14.0. The quantitative estimate of drug-likeness (QED) is 0.837. The van der Waals surface area contributed by atoms with E-state index in [0.717, 1.165) is 11.3 Å². The molecule has 0 unspecified atom stereocenters. The summed E-state index contributed by atoms with van der Waals surface area (Å²) >= 11 is 5.93. The molecule has 0 heterocycles. The minimum Gasteiger partial charge on any atom is -0.497 e. The summed E-state index contributed by atoms with van der Waals surface area (Å²) in [7, 11) is 1.62. The topological polar surface area (TPSA) is 47.6 Å². The van der Waals surface area contributed by atoms with Crippen molar-refractivity contribution in [3.63, 3.8) is 0 Å². The minimum atomic E-state index is -0.549. The van der Waals surface area contributed by atoms with Crippen molar-refractivity contribution in [1.29, 1.82) is 0 Å². The largest absolute Gasteiger partial charge is 0.497 e. The average Bonchev–Trinajstić information content (AvgIpc) is 2.58. The molecule has 5 heteroatoms. The fourth-order valence-electron chi connectivity index (χ4n) is 2.07. The molecule has 0 aromatic heterocycles. The number of carbonyl (C=O) groups is 1. The van der Waals surface area contributed by atoms with Gasteiger partial charge in [0.2, 0.25) is 0 Å². The second-order valence-electron chi connectivity index (χ2n) is 5.04. The summed E-state index contributed by atoms with van der Waals surface area (Å²) in [5, 5.41) is 3.46. The molecule has 0 saturated carbocycles. The lowest BCUT2D eigenvalue weighted by atomic mass is 10.2. The van der Waals surface area contributed by atoms with Crippen LogP contribution in [0.2, 0.25) is 5.02 Å². The number of hydrogen-bond donors (Lipinski definition) is 1. The fourth-order valence-corrected chi connectivity index (χ4v) is 2.25. The van der Waals surface area contributed by atoms with Crippen LogP contribution in [-0.2, 0) is 11.3 Å². The number of methoxy groups -OCH3 is 1. The van der Waals surface area contributed by atoms with Crippen LogP contribution in [0.15, 0.2) is 48.5 Å². The number of hydrogen-bond acceptors (Lipinski definition) is 3. The van der Waals surface area contributed by atoms with E-state index in [0.29, 0.717) is 23.7 Å². The number of amides is 1. The number of halogens is 1. The van der Waals surface area contributed by atoms with Gasteiger partial charge in [0.25, 0.3) is 5.91 Å². The molecule has 0 fully saturated rings. The summed E-state index contributed by atoms with van der Waals surface area (Å²) in [5.41, 5.74) is 0.997. The summed E-state index contributed by atoms with van der Waals surface area (Å²) < 4.78 is 10.8. The van der Waals surface area contributed by atoms with Crippen molar-refractivity contribution >= 4 is 17.5 Å². The second kappa shape index (κ2) is 8.44. The maximum atomic E-state index is 12.3. The van der Waals surface area contributed by atoms with Crippen molar-refractivity contribution in [2.45, 2.75) is 26.0 Å². The lowest BCUT2D eigenvalue weighted by molar-refractivity contribution is -0.128. The Labute approximate surface area is 141 Å².